The summed E-state index contributed by atoms with van der Waals surface area (Å²) in [5.74, 6) is 0.813. The summed E-state index contributed by atoms with van der Waals surface area (Å²) in [5.41, 5.74) is 6.53. The Bertz CT molecular complexity index is 819. The van der Waals surface area contributed by atoms with Gasteiger partial charge in [0.2, 0.25) is 11.8 Å². The molecule has 2 aromatic rings. The number of hydrogen-bond acceptors (Lipinski definition) is 5. The molecule has 0 aliphatic heterocycles. The molecule has 2 N–H and O–H groups in total. The summed E-state index contributed by atoms with van der Waals surface area (Å²) in [4.78, 5) is 23.5. The summed E-state index contributed by atoms with van der Waals surface area (Å²) >= 11 is 13.3. The number of halogens is 2. The molecule has 0 fully saturated rings. The molecular weight excluding hydrogens is 431 g/mol. The number of hydrogen-bond donors (Lipinski definition) is 2. The van der Waals surface area contributed by atoms with Crippen LogP contribution in [0.4, 0.5) is 0 Å². The van der Waals surface area contributed by atoms with Gasteiger partial charge in [-0.1, -0.05) is 47.5 Å². The van der Waals surface area contributed by atoms with Crippen LogP contribution in [0, 0.1) is 0 Å². The zero-order valence-electron chi connectivity index (χ0n) is 15.5. The number of amides is 2. The second-order valence-electron chi connectivity index (χ2n) is 5.81. The van der Waals surface area contributed by atoms with E-state index < -0.39 is 0 Å². The number of thioether (sulfide) groups is 1. The molecule has 0 aliphatic rings. The lowest BCUT2D eigenvalue weighted by Gasteiger charge is -2.02. The highest BCUT2D eigenvalue weighted by Gasteiger charge is 2.02. The van der Waals surface area contributed by atoms with E-state index >= 15 is 0 Å². The fraction of sp³-hybridized carbons (Fsp3) is 0.200. The second kappa shape index (κ2) is 13.0. The first-order valence-corrected chi connectivity index (χ1v) is 10.7. The molecule has 0 aliphatic carbocycles. The van der Waals surface area contributed by atoms with Crippen LogP contribution in [0.1, 0.15) is 24.0 Å². The Morgan fingerprint density at radius 2 is 1.28 bits per heavy atom. The lowest BCUT2D eigenvalue weighted by molar-refractivity contribution is -0.121. The first-order chi connectivity index (χ1) is 14.0. The topological polar surface area (TPSA) is 82.9 Å². The van der Waals surface area contributed by atoms with Crippen molar-refractivity contribution in [1.82, 2.24) is 10.9 Å². The van der Waals surface area contributed by atoms with Crippen LogP contribution in [-0.4, -0.2) is 35.7 Å². The van der Waals surface area contributed by atoms with Gasteiger partial charge in [-0.25, -0.2) is 10.9 Å². The molecule has 2 aromatic carbocycles. The minimum Gasteiger partial charge on any atom is -0.273 e. The Morgan fingerprint density at radius 1 is 0.828 bits per heavy atom. The van der Waals surface area contributed by atoms with Gasteiger partial charge in [-0.05, 0) is 35.4 Å². The van der Waals surface area contributed by atoms with Gasteiger partial charge in [-0.15, -0.1) is 0 Å². The van der Waals surface area contributed by atoms with E-state index in [1.54, 1.807) is 36.4 Å². The van der Waals surface area contributed by atoms with Gasteiger partial charge < -0.3 is 0 Å². The molecule has 0 atom stereocenters. The molecule has 0 aromatic heterocycles. The van der Waals surface area contributed by atoms with E-state index in [1.165, 1.54) is 24.2 Å². The van der Waals surface area contributed by atoms with Gasteiger partial charge in [0.15, 0.2) is 0 Å². The average Bonchev–Trinajstić information content (AvgIpc) is 2.68. The largest absolute Gasteiger partial charge is 0.273 e. The number of carbonyl (C=O) groups is 2. The van der Waals surface area contributed by atoms with Crippen LogP contribution in [0.25, 0.3) is 0 Å². The minimum absolute atomic E-state index is 0.189. The highest BCUT2D eigenvalue weighted by atomic mass is 35.5. The van der Waals surface area contributed by atoms with Crippen LogP contribution < -0.4 is 10.9 Å². The van der Waals surface area contributed by atoms with Crippen LogP contribution in [-0.2, 0) is 9.59 Å². The SMILES string of the molecule is O=C(CCSCCC(=O)N/N=C/c1cccc(Cl)c1)N/N=C\c1cccc(Cl)c1. The van der Waals surface area contributed by atoms with Crippen LogP contribution in [0.2, 0.25) is 10.0 Å². The first kappa shape index (κ1) is 22.9. The molecule has 2 amide bonds. The van der Waals surface area contributed by atoms with Crippen molar-refractivity contribution in [2.24, 2.45) is 10.2 Å². The van der Waals surface area contributed by atoms with Crippen LogP contribution in [0.3, 0.4) is 0 Å². The number of nitrogens with zero attached hydrogens (tertiary/aromatic N) is 2. The molecule has 6 nitrogen and oxygen atoms in total. The van der Waals surface area contributed by atoms with Crippen molar-refractivity contribution in [3.05, 3.63) is 69.7 Å². The van der Waals surface area contributed by atoms with Crippen LogP contribution in [0.5, 0.6) is 0 Å². The van der Waals surface area contributed by atoms with E-state index in [4.69, 9.17) is 23.2 Å². The van der Waals surface area contributed by atoms with Crippen LogP contribution >= 0.6 is 35.0 Å². The van der Waals surface area contributed by atoms with E-state index in [1.807, 2.05) is 12.1 Å². The highest BCUT2D eigenvalue weighted by Crippen LogP contribution is 2.09. The molecule has 152 valence electrons. The summed E-state index contributed by atoms with van der Waals surface area (Å²) in [6, 6.07) is 14.3. The smallest absolute Gasteiger partial charge is 0.240 e. The number of hydrazone groups is 2. The van der Waals surface area contributed by atoms with Crippen molar-refractivity contribution in [2.75, 3.05) is 11.5 Å². The molecular formula is C20H20Cl2N4O2S. The van der Waals surface area contributed by atoms with E-state index in [9.17, 15) is 9.59 Å². The molecule has 2 rings (SSSR count). The first-order valence-electron chi connectivity index (χ1n) is 8.75. The molecule has 0 saturated heterocycles. The normalized spacial score (nSPS) is 11.1. The fourth-order valence-corrected chi connectivity index (χ4v) is 3.34. The van der Waals surface area contributed by atoms with Crippen molar-refractivity contribution in [1.29, 1.82) is 0 Å². The maximum atomic E-state index is 11.7. The van der Waals surface area contributed by atoms with Gasteiger partial charge >= 0.3 is 0 Å². The van der Waals surface area contributed by atoms with Gasteiger partial charge in [0, 0.05) is 34.4 Å². The van der Waals surface area contributed by atoms with Gasteiger partial charge in [-0.2, -0.15) is 22.0 Å². The molecule has 0 spiro atoms. The predicted octanol–water partition coefficient (Wildman–Crippen LogP) is 4.11. The molecule has 0 heterocycles. The fourth-order valence-electron chi connectivity index (χ4n) is 2.07. The van der Waals surface area contributed by atoms with Gasteiger partial charge in [-0.3, -0.25) is 9.59 Å². The van der Waals surface area contributed by atoms with E-state index in [0.29, 0.717) is 34.4 Å². The molecule has 29 heavy (non-hydrogen) atoms. The van der Waals surface area contributed by atoms with Gasteiger partial charge in [0.1, 0.15) is 0 Å². The van der Waals surface area contributed by atoms with Crippen LogP contribution in [0.15, 0.2) is 58.7 Å². The maximum Gasteiger partial charge on any atom is 0.240 e. The van der Waals surface area contributed by atoms with E-state index in [0.717, 1.165) is 11.1 Å². The number of carbonyl (C=O) groups excluding carboxylic acids is 2. The van der Waals surface area contributed by atoms with Gasteiger partial charge in [0.05, 0.1) is 12.4 Å². The third-order valence-corrected chi connectivity index (χ3v) is 4.91. The Kier molecular flexibility index (Phi) is 10.3. The Labute approximate surface area is 183 Å². The zero-order chi connectivity index (χ0) is 20.9. The highest BCUT2D eigenvalue weighted by molar-refractivity contribution is 7.99. The molecule has 0 radical (unpaired) electrons. The third-order valence-electron chi connectivity index (χ3n) is 3.45. The van der Waals surface area contributed by atoms with Crippen molar-refractivity contribution in [3.8, 4) is 0 Å². The monoisotopic (exact) mass is 450 g/mol. The predicted molar refractivity (Wildman–Crippen MR) is 121 cm³/mol. The standard InChI is InChI=1S/C20H20Cl2N4O2S/c21-17-5-1-3-15(11-17)13-23-25-19(27)7-9-29-10-8-20(28)26-24-14-16-4-2-6-18(22)12-16/h1-6,11-14H,7-10H2,(H,25,27)(H,26,28)/b23-13-,24-14+. The van der Waals surface area contributed by atoms with Crippen molar-refractivity contribution in [2.45, 2.75) is 12.8 Å². The van der Waals surface area contributed by atoms with Crippen molar-refractivity contribution in [3.63, 3.8) is 0 Å². The van der Waals surface area contributed by atoms with Gasteiger partial charge in [0.25, 0.3) is 0 Å². The lowest BCUT2D eigenvalue weighted by Crippen LogP contribution is -2.19. The summed E-state index contributed by atoms with van der Waals surface area (Å²) in [6.07, 6.45) is 3.69. The lowest BCUT2D eigenvalue weighted by atomic mass is 10.2. The Morgan fingerprint density at radius 3 is 1.69 bits per heavy atom. The quantitative estimate of drug-likeness (QED) is 0.324. The van der Waals surface area contributed by atoms with Crippen molar-refractivity contribution >= 4 is 59.2 Å². The zero-order valence-corrected chi connectivity index (χ0v) is 17.8. The maximum absolute atomic E-state index is 11.7. The minimum atomic E-state index is -0.189. The van der Waals surface area contributed by atoms with Crippen molar-refractivity contribution < 1.29 is 9.59 Å². The summed E-state index contributed by atoms with van der Waals surface area (Å²) in [6.45, 7) is 0. The number of benzene rings is 2. The average molecular weight is 451 g/mol. The number of nitrogens with one attached hydrogen (secondary N) is 2. The van der Waals surface area contributed by atoms with E-state index in [-0.39, 0.29) is 11.8 Å². The molecule has 0 bridgehead atoms. The molecule has 0 saturated carbocycles. The molecule has 0 unspecified atom stereocenters. The second-order valence-corrected chi connectivity index (χ2v) is 7.91. The Balaban J connectivity index is 1.54. The summed E-state index contributed by atoms with van der Waals surface area (Å²) in [7, 11) is 0. The Hall–Kier alpha value is -2.35. The summed E-state index contributed by atoms with van der Waals surface area (Å²) < 4.78 is 0. The summed E-state index contributed by atoms with van der Waals surface area (Å²) in [5, 5.41) is 9.00. The number of rotatable bonds is 10. The molecule has 9 heteroatoms. The third kappa shape index (κ3) is 10.1. The van der Waals surface area contributed by atoms with E-state index in [2.05, 4.69) is 21.1 Å².